The average molecular weight is 180 g/mol. The van der Waals surface area contributed by atoms with Crippen molar-refractivity contribution >= 4 is 0 Å². The van der Waals surface area contributed by atoms with E-state index in [1.165, 1.54) is 0 Å². The summed E-state index contributed by atoms with van der Waals surface area (Å²) in [6.45, 7) is 7.69. The summed E-state index contributed by atoms with van der Waals surface area (Å²) in [7, 11) is 0. The molecule has 0 bridgehead atoms. The van der Waals surface area contributed by atoms with Crippen molar-refractivity contribution in [2.75, 3.05) is 0 Å². The van der Waals surface area contributed by atoms with Crippen LogP contribution in [-0.4, -0.2) is 5.11 Å². The Morgan fingerprint density at radius 3 is 2.92 bits per heavy atom. The average Bonchev–Trinajstić information content (AvgIpc) is 2.49. The van der Waals surface area contributed by atoms with Crippen LogP contribution < -0.4 is 0 Å². The third kappa shape index (κ3) is 2.46. The van der Waals surface area contributed by atoms with Crippen molar-refractivity contribution in [3.05, 3.63) is 35.8 Å². The van der Waals surface area contributed by atoms with E-state index in [0.717, 1.165) is 23.3 Å². The molecule has 1 heterocycles. The minimum atomic E-state index is -0.466. The SMILES string of the molecule is C=C(C)CC(O)c1ccoc1CC. The van der Waals surface area contributed by atoms with Gasteiger partial charge in [0.15, 0.2) is 0 Å². The van der Waals surface area contributed by atoms with Crippen LogP contribution >= 0.6 is 0 Å². The summed E-state index contributed by atoms with van der Waals surface area (Å²) in [6, 6.07) is 1.83. The van der Waals surface area contributed by atoms with Crippen LogP contribution in [0, 0.1) is 0 Å². The molecule has 2 heteroatoms. The zero-order valence-electron chi connectivity index (χ0n) is 8.21. The fourth-order valence-electron chi connectivity index (χ4n) is 1.37. The van der Waals surface area contributed by atoms with Gasteiger partial charge in [0, 0.05) is 12.0 Å². The van der Waals surface area contributed by atoms with Crippen LogP contribution in [0.5, 0.6) is 0 Å². The lowest BCUT2D eigenvalue weighted by atomic mass is 10.0. The third-order valence-corrected chi connectivity index (χ3v) is 2.00. The molecular weight excluding hydrogens is 164 g/mol. The number of aliphatic hydroxyl groups is 1. The van der Waals surface area contributed by atoms with E-state index < -0.39 is 6.10 Å². The second-order valence-electron chi connectivity index (χ2n) is 3.33. The molecule has 0 amide bonds. The van der Waals surface area contributed by atoms with Gasteiger partial charge in [-0.1, -0.05) is 12.5 Å². The van der Waals surface area contributed by atoms with Crippen LogP contribution in [0.25, 0.3) is 0 Å². The van der Waals surface area contributed by atoms with E-state index in [1.807, 2.05) is 19.9 Å². The minimum absolute atomic E-state index is 0.466. The third-order valence-electron chi connectivity index (χ3n) is 2.00. The zero-order valence-corrected chi connectivity index (χ0v) is 8.21. The van der Waals surface area contributed by atoms with Gasteiger partial charge in [0.1, 0.15) is 5.76 Å². The molecule has 0 aliphatic carbocycles. The van der Waals surface area contributed by atoms with E-state index in [9.17, 15) is 5.11 Å². The van der Waals surface area contributed by atoms with Crippen LogP contribution in [-0.2, 0) is 6.42 Å². The van der Waals surface area contributed by atoms with Crippen molar-refractivity contribution in [3.63, 3.8) is 0 Å². The molecule has 1 atom stereocenters. The Hall–Kier alpha value is -1.02. The van der Waals surface area contributed by atoms with Gasteiger partial charge in [0.2, 0.25) is 0 Å². The molecule has 0 aliphatic rings. The molecule has 1 rings (SSSR count). The van der Waals surface area contributed by atoms with Crippen molar-refractivity contribution in [3.8, 4) is 0 Å². The number of hydrogen-bond donors (Lipinski definition) is 1. The Labute approximate surface area is 78.9 Å². The Kier molecular flexibility index (Phi) is 3.32. The summed E-state index contributed by atoms with van der Waals surface area (Å²) < 4.78 is 5.23. The van der Waals surface area contributed by atoms with Crippen LogP contribution in [0.2, 0.25) is 0 Å². The predicted octanol–water partition coefficient (Wildman–Crippen LogP) is 2.84. The Bertz CT molecular complexity index is 286. The first-order valence-corrected chi connectivity index (χ1v) is 4.53. The molecule has 1 aromatic rings. The van der Waals surface area contributed by atoms with E-state index >= 15 is 0 Å². The van der Waals surface area contributed by atoms with E-state index in [1.54, 1.807) is 6.26 Å². The monoisotopic (exact) mass is 180 g/mol. The molecule has 0 radical (unpaired) electrons. The molecule has 13 heavy (non-hydrogen) atoms. The Morgan fingerprint density at radius 1 is 1.69 bits per heavy atom. The maximum Gasteiger partial charge on any atom is 0.109 e. The minimum Gasteiger partial charge on any atom is -0.469 e. The van der Waals surface area contributed by atoms with E-state index in [0.29, 0.717) is 6.42 Å². The van der Waals surface area contributed by atoms with Gasteiger partial charge >= 0.3 is 0 Å². The molecule has 0 aliphatic heterocycles. The molecule has 0 saturated heterocycles. The normalized spacial score (nSPS) is 12.8. The summed E-state index contributed by atoms with van der Waals surface area (Å²) in [5.41, 5.74) is 1.88. The lowest BCUT2D eigenvalue weighted by Crippen LogP contribution is -1.99. The largest absolute Gasteiger partial charge is 0.469 e. The molecule has 1 aromatic heterocycles. The summed E-state index contributed by atoms with van der Waals surface area (Å²) in [5.74, 6) is 0.869. The topological polar surface area (TPSA) is 33.4 Å². The first-order chi connectivity index (χ1) is 6.15. The van der Waals surface area contributed by atoms with Crippen molar-refractivity contribution < 1.29 is 9.52 Å². The van der Waals surface area contributed by atoms with Crippen LogP contribution in [0.3, 0.4) is 0 Å². The number of hydrogen-bond acceptors (Lipinski definition) is 2. The highest BCUT2D eigenvalue weighted by molar-refractivity contribution is 5.21. The molecule has 72 valence electrons. The number of rotatable bonds is 4. The van der Waals surface area contributed by atoms with E-state index in [4.69, 9.17) is 4.42 Å². The van der Waals surface area contributed by atoms with Gasteiger partial charge in [0.25, 0.3) is 0 Å². The molecule has 0 aromatic carbocycles. The van der Waals surface area contributed by atoms with Gasteiger partial charge in [-0.2, -0.15) is 0 Å². The lowest BCUT2D eigenvalue weighted by molar-refractivity contribution is 0.176. The molecular formula is C11H16O2. The highest BCUT2D eigenvalue weighted by Gasteiger charge is 2.13. The highest BCUT2D eigenvalue weighted by atomic mass is 16.3. The fourth-order valence-corrected chi connectivity index (χ4v) is 1.37. The van der Waals surface area contributed by atoms with Gasteiger partial charge in [-0.3, -0.25) is 0 Å². The molecule has 0 spiro atoms. The standard InChI is InChI=1S/C11H16O2/c1-4-11-9(5-6-13-11)10(12)7-8(2)3/h5-6,10,12H,2,4,7H2,1,3H3. The van der Waals surface area contributed by atoms with Crippen LogP contribution in [0.4, 0.5) is 0 Å². The van der Waals surface area contributed by atoms with Crippen LogP contribution in [0.15, 0.2) is 28.9 Å². The van der Waals surface area contributed by atoms with Crippen molar-refractivity contribution in [2.45, 2.75) is 32.8 Å². The molecule has 2 nitrogen and oxygen atoms in total. The molecule has 0 saturated carbocycles. The quantitative estimate of drug-likeness (QED) is 0.723. The zero-order chi connectivity index (χ0) is 9.84. The maximum atomic E-state index is 9.77. The first-order valence-electron chi connectivity index (χ1n) is 4.53. The van der Waals surface area contributed by atoms with Gasteiger partial charge in [-0.05, 0) is 19.4 Å². The van der Waals surface area contributed by atoms with E-state index in [-0.39, 0.29) is 0 Å². The second kappa shape index (κ2) is 4.28. The fraction of sp³-hybridized carbons (Fsp3) is 0.455. The maximum absolute atomic E-state index is 9.77. The number of furan rings is 1. The van der Waals surface area contributed by atoms with E-state index in [2.05, 4.69) is 6.58 Å². The Morgan fingerprint density at radius 2 is 2.38 bits per heavy atom. The van der Waals surface area contributed by atoms with Crippen molar-refractivity contribution in [2.24, 2.45) is 0 Å². The molecule has 0 fully saturated rings. The van der Waals surface area contributed by atoms with Gasteiger partial charge < -0.3 is 9.52 Å². The summed E-state index contributed by atoms with van der Waals surface area (Å²) in [5, 5.41) is 9.77. The first kappa shape index (κ1) is 10.1. The molecule has 1 unspecified atom stereocenters. The van der Waals surface area contributed by atoms with Crippen LogP contribution in [0.1, 0.15) is 37.7 Å². The van der Waals surface area contributed by atoms with Crippen molar-refractivity contribution in [1.82, 2.24) is 0 Å². The summed E-state index contributed by atoms with van der Waals surface area (Å²) >= 11 is 0. The van der Waals surface area contributed by atoms with Gasteiger partial charge in [-0.25, -0.2) is 0 Å². The number of aryl methyl sites for hydroxylation is 1. The second-order valence-corrected chi connectivity index (χ2v) is 3.33. The van der Waals surface area contributed by atoms with Crippen molar-refractivity contribution in [1.29, 1.82) is 0 Å². The van der Waals surface area contributed by atoms with Gasteiger partial charge in [-0.15, -0.1) is 6.58 Å². The van der Waals surface area contributed by atoms with Gasteiger partial charge in [0.05, 0.1) is 12.4 Å². The predicted molar refractivity (Wildman–Crippen MR) is 52.5 cm³/mol. The number of aliphatic hydroxyl groups excluding tert-OH is 1. The summed E-state index contributed by atoms with van der Waals surface area (Å²) in [4.78, 5) is 0. The summed E-state index contributed by atoms with van der Waals surface area (Å²) in [6.07, 6.45) is 2.57. The Balaban J connectivity index is 2.75. The molecule has 1 N–H and O–H groups in total. The highest BCUT2D eigenvalue weighted by Crippen LogP contribution is 2.24. The smallest absolute Gasteiger partial charge is 0.109 e. The lowest BCUT2D eigenvalue weighted by Gasteiger charge is -2.09.